The van der Waals surface area contributed by atoms with E-state index in [2.05, 4.69) is 50.4 Å². The van der Waals surface area contributed by atoms with Crippen LogP contribution in [0.3, 0.4) is 0 Å². The molecule has 112 valence electrons. The standard InChI is InChI=1S/C17H19N5/c1-11(13-7-6-12-4-2-3-5-14(12)8-13)22-17-15-16(19-9-18-15)20-10-21-17/h6-11H,2-5H2,1H3,(H2,18,19,20,21,22). The number of nitrogens with one attached hydrogen (secondary N) is 2. The lowest BCUT2D eigenvalue weighted by Gasteiger charge is -2.20. The van der Waals surface area contributed by atoms with E-state index >= 15 is 0 Å². The van der Waals surface area contributed by atoms with Gasteiger partial charge >= 0.3 is 0 Å². The summed E-state index contributed by atoms with van der Waals surface area (Å²) in [6.45, 7) is 2.16. The minimum Gasteiger partial charge on any atom is -0.362 e. The number of hydrogen-bond donors (Lipinski definition) is 2. The first-order valence-electron chi connectivity index (χ1n) is 7.83. The second kappa shape index (κ2) is 5.40. The lowest BCUT2D eigenvalue weighted by molar-refractivity contribution is 0.683. The summed E-state index contributed by atoms with van der Waals surface area (Å²) in [4.78, 5) is 15.8. The van der Waals surface area contributed by atoms with Gasteiger partial charge in [-0.05, 0) is 49.3 Å². The number of benzene rings is 1. The summed E-state index contributed by atoms with van der Waals surface area (Å²) in [5.74, 6) is 0.799. The first-order chi connectivity index (χ1) is 10.8. The molecule has 1 atom stereocenters. The molecule has 22 heavy (non-hydrogen) atoms. The highest BCUT2D eigenvalue weighted by Gasteiger charge is 2.14. The van der Waals surface area contributed by atoms with Crippen LogP contribution in [0.1, 0.15) is 42.5 Å². The van der Waals surface area contributed by atoms with Crippen molar-refractivity contribution < 1.29 is 0 Å². The molecule has 0 amide bonds. The van der Waals surface area contributed by atoms with Crippen molar-refractivity contribution in [3.05, 3.63) is 47.5 Å². The molecule has 1 aliphatic rings. The van der Waals surface area contributed by atoms with Crippen molar-refractivity contribution in [1.29, 1.82) is 0 Å². The zero-order chi connectivity index (χ0) is 14.9. The quantitative estimate of drug-likeness (QED) is 0.776. The number of rotatable bonds is 3. The Morgan fingerprint density at radius 1 is 1.09 bits per heavy atom. The monoisotopic (exact) mass is 293 g/mol. The number of H-pyrrole nitrogens is 1. The Balaban J connectivity index is 1.62. The zero-order valence-electron chi connectivity index (χ0n) is 12.6. The van der Waals surface area contributed by atoms with Crippen molar-refractivity contribution in [2.45, 2.75) is 38.6 Å². The Labute approximate surface area is 129 Å². The van der Waals surface area contributed by atoms with Crippen molar-refractivity contribution in [1.82, 2.24) is 19.9 Å². The Bertz CT molecular complexity index is 808. The summed E-state index contributed by atoms with van der Waals surface area (Å²) in [5, 5.41) is 3.47. The van der Waals surface area contributed by atoms with E-state index < -0.39 is 0 Å². The van der Waals surface area contributed by atoms with Crippen molar-refractivity contribution in [2.24, 2.45) is 0 Å². The van der Waals surface area contributed by atoms with E-state index in [1.54, 1.807) is 12.7 Å². The molecule has 0 radical (unpaired) electrons. The Morgan fingerprint density at radius 2 is 1.95 bits per heavy atom. The van der Waals surface area contributed by atoms with E-state index in [-0.39, 0.29) is 6.04 Å². The molecule has 4 rings (SSSR count). The first kappa shape index (κ1) is 13.2. The van der Waals surface area contributed by atoms with Crippen molar-refractivity contribution >= 4 is 17.0 Å². The predicted octanol–water partition coefficient (Wildman–Crippen LogP) is 3.40. The molecule has 5 nitrogen and oxygen atoms in total. The van der Waals surface area contributed by atoms with Crippen LogP contribution in [-0.4, -0.2) is 19.9 Å². The molecular formula is C17H19N5. The number of aryl methyl sites for hydroxylation is 2. The minimum atomic E-state index is 0.189. The van der Waals surface area contributed by atoms with Gasteiger partial charge in [0, 0.05) is 0 Å². The molecule has 2 aromatic heterocycles. The van der Waals surface area contributed by atoms with Gasteiger partial charge in [-0.3, -0.25) is 0 Å². The molecule has 1 aliphatic carbocycles. The predicted molar refractivity (Wildman–Crippen MR) is 86.8 cm³/mol. The van der Waals surface area contributed by atoms with Crippen LogP contribution >= 0.6 is 0 Å². The van der Waals surface area contributed by atoms with Gasteiger partial charge in [0.1, 0.15) is 11.8 Å². The average molecular weight is 293 g/mol. The van der Waals surface area contributed by atoms with Crippen molar-refractivity contribution in [3.8, 4) is 0 Å². The maximum atomic E-state index is 4.34. The van der Waals surface area contributed by atoms with Crippen LogP contribution in [0.5, 0.6) is 0 Å². The molecule has 0 fully saturated rings. The van der Waals surface area contributed by atoms with Crippen LogP contribution < -0.4 is 5.32 Å². The van der Waals surface area contributed by atoms with Crippen LogP contribution in [0.2, 0.25) is 0 Å². The third kappa shape index (κ3) is 2.32. The van der Waals surface area contributed by atoms with Crippen LogP contribution in [0.4, 0.5) is 5.82 Å². The van der Waals surface area contributed by atoms with Gasteiger partial charge in [-0.15, -0.1) is 0 Å². The Morgan fingerprint density at radius 3 is 2.86 bits per heavy atom. The fraction of sp³-hybridized carbons (Fsp3) is 0.353. The van der Waals surface area contributed by atoms with Crippen LogP contribution in [0, 0.1) is 0 Å². The second-order valence-electron chi connectivity index (χ2n) is 5.92. The van der Waals surface area contributed by atoms with E-state index in [1.807, 2.05) is 0 Å². The fourth-order valence-corrected chi connectivity index (χ4v) is 3.19. The summed E-state index contributed by atoms with van der Waals surface area (Å²) < 4.78 is 0. The summed E-state index contributed by atoms with van der Waals surface area (Å²) in [5.41, 5.74) is 5.86. The number of imidazole rings is 1. The summed E-state index contributed by atoms with van der Waals surface area (Å²) in [7, 11) is 0. The molecule has 2 N–H and O–H groups in total. The van der Waals surface area contributed by atoms with Gasteiger partial charge in [0.25, 0.3) is 0 Å². The number of hydrogen-bond acceptors (Lipinski definition) is 4. The van der Waals surface area contributed by atoms with Crippen molar-refractivity contribution in [3.63, 3.8) is 0 Å². The topological polar surface area (TPSA) is 66.5 Å². The number of fused-ring (bicyclic) bond motifs is 2. The van der Waals surface area contributed by atoms with Gasteiger partial charge in [0.15, 0.2) is 11.5 Å². The van der Waals surface area contributed by atoms with Crippen LogP contribution in [0.15, 0.2) is 30.9 Å². The van der Waals surface area contributed by atoms with E-state index in [0.29, 0.717) is 5.65 Å². The summed E-state index contributed by atoms with van der Waals surface area (Å²) in [6.07, 6.45) is 8.24. The number of nitrogens with zero attached hydrogens (tertiary/aromatic N) is 3. The third-order valence-electron chi connectivity index (χ3n) is 4.45. The molecule has 0 saturated heterocycles. The Hall–Kier alpha value is -2.43. The van der Waals surface area contributed by atoms with Gasteiger partial charge in [0.05, 0.1) is 12.4 Å². The molecule has 0 saturated carbocycles. The summed E-state index contributed by atoms with van der Waals surface area (Å²) >= 11 is 0. The summed E-state index contributed by atoms with van der Waals surface area (Å²) in [6, 6.07) is 7.05. The normalized spacial score (nSPS) is 15.5. The first-order valence-corrected chi connectivity index (χ1v) is 7.83. The lowest BCUT2D eigenvalue weighted by Crippen LogP contribution is -2.11. The fourth-order valence-electron chi connectivity index (χ4n) is 3.19. The zero-order valence-corrected chi connectivity index (χ0v) is 12.6. The second-order valence-corrected chi connectivity index (χ2v) is 5.92. The molecule has 0 bridgehead atoms. The van der Waals surface area contributed by atoms with Gasteiger partial charge in [-0.25, -0.2) is 15.0 Å². The number of anilines is 1. The minimum absolute atomic E-state index is 0.189. The molecule has 0 aliphatic heterocycles. The highest BCUT2D eigenvalue weighted by atomic mass is 15.1. The van der Waals surface area contributed by atoms with Gasteiger partial charge in [-0.1, -0.05) is 18.2 Å². The highest BCUT2D eigenvalue weighted by molar-refractivity contribution is 5.82. The molecule has 2 heterocycles. The lowest BCUT2D eigenvalue weighted by atomic mass is 9.89. The molecule has 0 spiro atoms. The van der Waals surface area contributed by atoms with Gasteiger partial charge in [-0.2, -0.15) is 0 Å². The van der Waals surface area contributed by atoms with E-state index in [1.165, 1.54) is 42.4 Å². The van der Waals surface area contributed by atoms with E-state index in [9.17, 15) is 0 Å². The molecule has 3 aromatic rings. The smallest absolute Gasteiger partial charge is 0.182 e. The maximum Gasteiger partial charge on any atom is 0.182 e. The third-order valence-corrected chi connectivity index (χ3v) is 4.45. The van der Waals surface area contributed by atoms with Gasteiger partial charge in [0.2, 0.25) is 0 Å². The SMILES string of the molecule is CC(Nc1ncnc2nc[nH]c12)c1ccc2c(c1)CCCC2. The molecule has 5 heteroatoms. The highest BCUT2D eigenvalue weighted by Crippen LogP contribution is 2.27. The van der Waals surface area contributed by atoms with E-state index in [4.69, 9.17) is 0 Å². The van der Waals surface area contributed by atoms with Crippen LogP contribution in [-0.2, 0) is 12.8 Å². The largest absolute Gasteiger partial charge is 0.362 e. The Kier molecular flexibility index (Phi) is 3.25. The van der Waals surface area contributed by atoms with E-state index in [0.717, 1.165) is 11.3 Å². The van der Waals surface area contributed by atoms with Gasteiger partial charge < -0.3 is 10.3 Å². The number of aromatic amines is 1. The maximum absolute atomic E-state index is 4.34. The van der Waals surface area contributed by atoms with Crippen molar-refractivity contribution in [2.75, 3.05) is 5.32 Å². The number of aromatic nitrogens is 4. The molecule has 1 aromatic carbocycles. The molecule has 1 unspecified atom stereocenters. The average Bonchev–Trinajstić information content (AvgIpc) is 3.04. The van der Waals surface area contributed by atoms with Crippen LogP contribution in [0.25, 0.3) is 11.2 Å². The molecular weight excluding hydrogens is 274 g/mol.